The van der Waals surface area contributed by atoms with Gasteiger partial charge in [0.1, 0.15) is 11.5 Å². The number of carboxylic acid groups (broad SMARTS) is 1. The molecule has 0 saturated carbocycles. The lowest BCUT2D eigenvalue weighted by Crippen LogP contribution is -2.25. The van der Waals surface area contributed by atoms with E-state index in [4.69, 9.17) is 14.6 Å². The largest absolute Gasteiger partial charge is 0.506 e. The van der Waals surface area contributed by atoms with Crippen LogP contribution in [0.2, 0.25) is 0 Å². The lowest BCUT2D eigenvalue weighted by molar-refractivity contribution is -0.133. The van der Waals surface area contributed by atoms with Crippen molar-refractivity contribution in [2.45, 2.75) is 84.5 Å². The van der Waals surface area contributed by atoms with Gasteiger partial charge in [-0.3, -0.25) is 9.59 Å². The molecule has 3 N–H and O–H groups in total. The maximum absolute atomic E-state index is 12.9. The van der Waals surface area contributed by atoms with Crippen molar-refractivity contribution in [3.63, 3.8) is 0 Å². The van der Waals surface area contributed by atoms with Gasteiger partial charge in [0.2, 0.25) is 0 Å². The summed E-state index contributed by atoms with van der Waals surface area (Å²) in [5.74, 6) is -0.293. The molecule has 0 spiro atoms. The summed E-state index contributed by atoms with van der Waals surface area (Å²) in [6.07, 6.45) is 13.7. The molecule has 0 heterocycles. The molecule has 2 aromatic carbocycles. The highest BCUT2D eigenvalue weighted by atomic mass is 32.2. The highest BCUT2D eigenvalue weighted by Crippen LogP contribution is 2.38. The van der Waals surface area contributed by atoms with Gasteiger partial charge in [-0.25, -0.2) is 0 Å². The molecule has 0 radical (unpaired) electrons. The second kappa shape index (κ2) is 19.6. The van der Waals surface area contributed by atoms with Crippen LogP contribution in [0.15, 0.2) is 24.3 Å². The maximum Gasteiger partial charge on any atom is 0.313 e. The van der Waals surface area contributed by atoms with Crippen LogP contribution < -0.4 is 10.1 Å². The molecule has 0 unspecified atom stereocenters. The van der Waals surface area contributed by atoms with Crippen molar-refractivity contribution in [2.24, 2.45) is 0 Å². The summed E-state index contributed by atoms with van der Waals surface area (Å²) in [5.41, 5.74) is 1.08. The zero-order chi connectivity index (χ0) is 28.3. The fourth-order valence-corrected chi connectivity index (χ4v) is 5.05. The Morgan fingerprint density at radius 3 is 2.28 bits per heavy atom. The summed E-state index contributed by atoms with van der Waals surface area (Å²) in [6, 6.07) is 7.09. The first-order chi connectivity index (χ1) is 19.0. The number of carbonyl (C=O) groups excluding carboxylic acids is 1. The number of amides is 1. The van der Waals surface area contributed by atoms with Crippen LogP contribution >= 0.6 is 11.8 Å². The molecule has 0 fully saturated rings. The molecule has 0 aliphatic rings. The van der Waals surface area contributed by atoms with Gasteiger partial charge in [0.15, 0.2) is 0 Å². The van der Waals surface area contributed by atoms with E-state index in [2.05, 4.69) is 12.2 Å². The Labute approximate surface area is 238 Å². The molecular weight excluding hydrogens is 514 g/mol. The minimum absolute atomic E-state index is 0.00926. The molecule has 2 rings (SSSR count). The summed E-state index contributed by atoms with van der Waals surface area (Å²) >= 11 is 1.27. The Morgan fingerprint density at radius 2 is 1.59 bits per heavy atom. The Balaban J connectivity index is 1.72. The quantitative estimate of drug-likeness (QED) is 0.132. The normalized spacial score (nSPS) is 11.1. The number of aromatic hydroxyl groups is 1. The first-order valence-corrected chi connectivity index (χ1v) is 15.6. The Morgan fingerprint density at radius 1 is 0.923 bits per heavy atom. The van der Waals surface area contributed by atoms with Crippen LogP contribution in [0.4, 0.5) is 0 Å². The van der Waals surface area contributed by atoms with Crippen molar-refractivity contribution in [2.75, 3.05) is 37.9 Å². The van der Waals surface area contributed by atoms with E-state index in [9.17, 15) is 14.7 Å². The number of rotatable bonds is 22. The predicted octanol–water partition coefficient (Wildman–Crippen LogP) is 7.11. The van der Waals surface area contributed by atoms with Crippen molar-refractivity contribution in [1.82, 2.24) is 5.32 Å². The Bertz CT molecular complexity index is 1010. The zero-order valence-corrected chi connectivity index (χ0v) is 24.6. The van der Waals surface area contributed by atoms with Gasteiger partial charge in [-0.05, 0) is 31.4 Å². The number of phenols is 1. The molecule has 8 heteroatoms. The molecule has 0 bridgehead atoms. The number of phenolic OH excluding ortho intramolecular Hbond substituents is 1. The van der Waals surface area contributed by atoms with E-state index < -0.39 is 5.97 Å². The van der Waals surface area contributed by atoms with Gasteiger partial charge in [0, 0.05) is 36.3 Å². The number of carboxylic acids is 1. The van der Waals surface area contributed by atoms with E-state index in [-0.39, 0.29) is 23.0 Å². The number of aryl methyl sites for hydroxylation is 1. The van der Waals surface area contributed by atoms with Crippen LogP contribution in [0.5, 0.6) is 11.5 Å². The molecule has 1 amide bonds. The minimum Gasteiger partial charge on any atom is -0.506 e. The van der Waals surface area contributed by atoms with Crippen molar-refractivity contribution < 1.29 is 29.3 Å². The third-order valence-electron chi connectivity index (χ3n) is 6.65. The van der Waals surface area contributed by atoms with Gasteiger partial charge in [-0.1, -0.05) is 82.9 Å². The first kappa shape index (κ1) is 32.8. The number of aliphatic carboxylic acids is 1. The van der Waals surface area contributed by atoms with Gasteiger partial charge in [0.25, 0.3) is 5.91 Å². The molecule has 0 atom stereocenters. The van der Waals surface area contributed by atoms with E-state index in [1.807, 2.05) is 19.1 Å². The predicted molar refractivity (Wildman–Crippen MR) is 160 cm³/mol. The van der Waals surface area contributed by atoms with E-state index in [1.54, 1.807) is 12.1 Å². The average Bonchev–Trinajstić information content (AvgIpc) is 2.91. The van der Waals surface area contributed by atoms with Crippen molar-refractivity contribution in [3.05, 3.63) is 35.4 Å². The number of hydrogen-bond acceptors (Lipinski definition) is 6. The molecule has 0 aliphatic heterocycles. The molecule has 2 aromatic rings. The Hall–Kier alpha value is -2.45. The summed E-state index contributed by atoms with van der Waals surface area (Å²) in [6.45, 7) is 6.25. The number of carbonyl (C=O) groups is 2. The number of fused-ring (bicyclic) bond motifs is 1. The van der Waals surface area contributed by atoms with Crippen molar-refractivity contribution >= 4 is 34.4 Å². The molecule has 39 heavy (non-hydrogen) atoms. The number of hydrogen-bond donors (Lipinski definition) is 3. The fourth-order valence-electron chi connectivity index (χ4n) is 4.53. The second-order valence-corrected chi connectivity index (χ2v) is 11.1. The van der Waals surface area contributed by atoms with E-state index in [0.717, 1.165) is 24.0 Å². The van der Waals surface area contributed by atoms with Crippen LogP contribution in [0, 0.1) is 6.92 Å². The standard InChI is InChI=1S/C31H47NO6S/c1-3-4-5-6-7-8-9-10-11-12-18-37-19-14-17-32-31(36)26-22-27(38-20-21-39-23-28(33)34)29-24(2)15-13-16-25(29)30(26)35/h13,15-16,22,35H,3-12,14,17-21,23H2,1-2H3,(H,32,36)(H,33,34). The molecule has 0 aromatic heterocycles. The molecule has 0 aliphatic carbocycles. The summed E-state index contributed by atoms with van der Waals surface area (Å²) in [5, 5.41) is 23.8. The molecule has 218 valence electrons. The average molecular weight is 562 g/mol. The van der Waals surface area contributed by atoms with Crippen LogP contribution in [-0.2, 0) is 9.53 Å². The number of unbranched alkanes of at least 4 members (excludes halogenated alkanes) is 9. The number of thioether (sulfide) groups is 1. The van der Waals surface area contributed by atoms with E-state index in [0.29, 0.717) is 43.1 Å². The third kappa shape index (κ3) is 12.5. The highest BCUT2D eigenvalue weighted by Gasteiger charge is 2.19. The summed E-state index contributed by atoms with van der Waals surface area (Å²) in [7, 11) is 0. The van der Waals surface area contributed by atoms with Crippen LogP contribution in [-0.4, -0.2) is 60.0 Å². The van der Waals surface area contributed by atoms with Crippen LogP contribution in [0.25, 0.3) is 10.8 Å². The van der Waals surface area contributed by atoms with Gasteiger partial charge in [-0.2, -0.15) is 0 Å². The zero-order valence-electron chi connectivity index (χ0n) is 23.8. The number of nitrogens with one attached hydrogen (secondary N) is 1. The number of benzene rings is 2. The van der Waals surface area contributed by atoms with Crippen LogP contribution in [0.3, 0.4) is 0 Å². The summed E-state index contributed by atoms with van der Waals surface area (Å²) < 4.78 is 11.7. The second-order valence-electron chi connectivity index (χ2n) is 9.97. The maximum atomic E-state index is 12.9. The lowest BCUT2D eigenvalue weighted by atomic mass is 10.00. The lowest BCUT2D eigenvalue weighted by Gasteiger charge is -2.16. The van der Waals surface area contributed by atoms with Gasteiger partial charge in [0.05, 0.1) is 17.9 Å². The van der Waals surface area contributed by atoms with E-state index in [1.165, 1.54) is 69.5 Å². The third-order valence-corrected chi connectivity index (χ3v) is 7.56. The molecule has 7 nitrogen and oxygen atoms in total. The monoisotopic (exact) mass is 561 g/mol. The Kier molecular flexibility index (Phi) is 16.5. The molecular formula is C31H47NO6S. The fraction of sp³-hybridized carbons (Fsp3) is 0.613. The topological polar surface area (TPSA) is 105 Å². The van der Waals surface area contributed by atoms with E-state index >= 15 is 0 Å². The van der Waals surface area contributed by atoms with Gasteiger partial charge >= 0.3 is 5.97 Å². The first-order valence-electron chi connectivity index (χ1n) is 14.5. The van der Waals surface area contributed by atoms with Gasteiger partial charge in [-0.15, -0.1) is 11.8 Å². The minimum atomic E-state index is -0.867. The molecule has 0 saturated heterocycles. The SMILES string of the molecule is CCCCCCCCCCCCOCCCNC(=O)c1cc(OCCSCC(=O)O)c2c(C)cccc2c1O. The van der Waals surface area contributed by atoms with Crippen molar-refractivity contribution in [1.29, 1.82) is 0 Å². The highest BCUT2D eigenvalue weighted by molar-refractivity contribution is 7.99. The summed E-state index contributed by atoms with van der Waals surface area (Å²) in [4.78, 5) is 23.6. The van der Waals surface area contributed by atoms with Crippen molar-refractivity contribution in [3.8, 4) is 11.5 Å². The smallest absolute Gasteiger partial charge is 0.313 e. The van der Waals surface area contributed by atoms with Gasteiger partial charge < -0.3 is 25.0 Å². The number of ether oxygens (including phenoxy) is 2. The van der Waals surface area contributed by atoms with Crippen LogP contribution in [0.1, 0.15) is 93.5 Å².